The molecule has 1 N–H and O–H groups in total. The van der Waals surface area contributed by atoms with Crippen molar-refractivity contribution < 1.29 is 4.79 Å². The molecule has 4 rings (SSSR count). The maximum Gasteiger partial charge on any atom is 0.251 e. The highest BCUT2D eigenvalue weighted by molar-refractivity contribution is 5.96. The van der Waals surface area contributed by atoms with Crippen LogP contribution in [0, 0.1) is 0 Å². The van der Waals surface area contributed by atoms with Gasteiger partial charge in [-0.3, -0.25) is 14.4 Å². The van der Waals surface area contributed by atoms with Crippen molar-refractivity contribution in [1.82, 2.24) is 24.9 Å². The summed E-state index contributed by atoms with van der Waals surface area (Å²) in [7, 11) is 6.19. The topological polar surface area (TPSA) is 53.4 Å². The fourth-order valence-electron chi connectivity index (χ4n) is 3.82. The summed E-state index contributed by atoms with van der Waals surface area (Å²) in [6, 6.07) is 14.4. The average molecular weight is 377 g/mol. The van der Waals surface area contributed by atoms with Crippen LogP contribution in [0.1, 0.15) is 10.4 Å². The van der Waals surface area contributed by atoms with Crippen LogP contribution in [-0.4, -0.2) is 71.8 Å². The third-order valence-electron chi connectivity index (χ3n) is 5.68. The summed E-state index contributed by atoms with van der Waals surface area (Å²) in [5, 5.41) is 8.51. The minimum Gasteiger partial charge on any atom is -0.350 e. The molecule has 1 aliphatic rings. The predicted molar refractivity (Wildman–Crippen MR) is 112 cm³/mol. The van der Waals surface area contributed by atoms with Crippen LogP contribution < -0.4 is 5.32 Å². The first-order valence-electron chi connectivity index (χ1n) is 9.70. The number of nitrogens with zero attached hydrogens (tertiary/aromatic N) is 4. The monoisotopic (exact) mass is 377 g/mol. The molecule has 1 amide bonds. The van der Waals surface area contributed by atoms with Crippen LogP contribution in [0.5, 0.6) is 0 Å². The molecular weight excluding hydrogens is 350 g/mol. The van der Waals surface area contributed by atoms with Crippen LogP contribution in [0.15, 0.2) is 48.7 Å². The van der Waals surface area contributed by atoms with Crippen LogP contribution in [0.3, 0.4) is 0 Å². The van der Waals surface area contributed by atoms with Crippen molar-refractivity contribution >= 4 is 16.8 Å². The summed E-state index contributed by atoms with van der Waals surface area (Å²) < 4.78 is 1.86. The minimum absolute atomic E-state index is 0.0223. The summed E-state index contributed by atoms with van der Waals surface area (Å²) in [5.74, 6) is -0.0223. The number of amides is 1. The van der Waals surface area contributed by atoms with Crippen molar-refractivity contribution in [3.8, 4) is 11.1 Å². The van der Waals surface area contributed by atoms with Gasteiger partial charge in [-0.05, 0) is 49.5 Å². The van der Waals surface area contributed by atoms with E-state index in [-0.39, 0.29) is 5.91 Å². The van der Waals surface area contributed by atoms with Crippen molar-refractivity contribution in [2.24, 2.45) is 7.05 Å². The van der Waals surface area contributed by atoms with Gasteiger partial charge in [-0.1, -0.05) is 18.2 Å². The van der Waals surface area contributed by atoms with Crippen molar-refractivity contribution in [3.63, 3.8) is 0 Å². The zero-order valence-electron chi connectivity index (χ0n) is 16.7. The Morgan fingerprint density at radius 3 is 2.79 bits per heavy atom. The van der Waals surface area contributed by atoms with E-state index in [2.05, 4.69) is 52.5 Å². The van der Waals surface area contributed by atoms with Gasteiger partial charge in [-0.15, -0.1) is 0 Å². The van der Waals surface area contributed by atoms with Crippen LogP contribution in [0.25, 0.3) is 22.0 Å². The lowest BCUT2D eigenvalue weighted by Gasteiger charge is -2.37. The highest BCUT2D eigenvalue weighted by atomic mass is 16.1. The number of piperazine rings is 1. The van der Waals surface area contributed by atoms with Gasteiger partial charge in [0.1, 0.15) is 0 Å². The minimum atomic E-state index is -0.0223. The van der Waals surface area contributed by atoms with Crippen molar-refractivity contribution in [2.75, 3.05) is 40.3 Å². The summed E-state index contributed by atoms with van der Waals surface area (Å²) in [5.41, 5.74) is 3.91. The molecule has 1 aromatic heterocycles. The Hall–Kier alpha value is -2.70. The normalized spacial score (nSPS) is 18.5. The Labute approximate surface area is 165 Å². The number of aromatic nitrogens is 2. The Morgan fingerprint density at radius 2 is 1.93 bits per heavy atom. The van der Waals surface area contributed by atoms with Crippen molar-refractivity contribution in [1.29, 1.82) is 0 Å². The van der Waals surface area contributed by atoms with E-state index in [9.17, 15) is 4.79 Å². The zero-order valence-corrected chi connectivity index (χ0v) is 16.7. The maximum absolute atomic E-state index is 12.7. The lowest BCUT2D eigenvalue weighted by molar-refractivity contribution is 0.0881. The van der Waals surface area contributed by atoms with Gasteiger partial charge in [0.15, 0.2) is 0 Å². The Kier molecular flexibility index (Phi) is 5.15. The number of hydrogen-bond donors (Lipinski definition) is 1. The molecule has 0 bridgehead atoms. The van der Waals surface area contributed by atoms with Gasteiger partial charge in [-0.25, -0.2) is 0 Å². The van der Waals surface area contributed by atoms with Gasteiger partial charge in [0.25, 0.3) is 5.91 Å². The lowest BCUT2D eigenvalue weighted by Crippen LogP contribution is -2.54. The Bertz CT molecular complexity index is 996. The summed E-state index contributed by atoms with van der Waals surface area (Å²) in [4.78, 5) is 17.3. The highest BCUT2D eigenvalue weighted by Crippen LogP contribution is 2.25. The average Bonchev–Trinajstić information content (AvgIpc) is 3.09. The third kappa shape index (κ3) is 3.79. The molecule has 0 unspecified atom stereocenters. The number of benzene rings is 2. The highest BCUT2D eigenvalue weighted by Gasteiger charge is 2.22. The first kappa shape index (κ1) is 18.7. The van der Waals surface area contributed by atoms with E-state index >= 15 is 0 Å². The van der Waals surface area contributed by atoms with Crippen LogP contribution in [-0.2, 0) is 7.05 Å². The van der Waals surface area contributed by atoms with E-state index in [1.165, 1.54) is 0 Å². The summed E-state index contributed by atoms with van der Waals surface area (Å²) in [6.07, 6.45) is 1.87. The molecule has 0 radical (unpaired) electrons. The molecule has 6 nitrogen and oxygen atoms in total. The molecular formula is C22H27N5O. The number of carbonyl (C=O) groups is 1. The first-order chi connectivity index (χ1) is 13.5. The molecule has 1 saturated heterocycles. The second kappa shape index (κ2) is 7.73. The lowest BCUT2D eigenvalue weighted by atomic mass is 10.0. The van der Waals surface area contributed by atoms with E-state index in [4.69, 9.17) is 0 Å². The number of nitrogens with one attached hydrogen (secondary N) is 1. The quantitative estimate of drug-likeness (QED) is 0.758. The molecule has 0 saturated carbocycles. The molecule has 3 aromatic rings. The van der Waals surface area contributed by atoms with Gasteiger partial charge in [0.2, 0.25) is 0 Å². The molecule has 146 valence electrons. The second-order valence-corrected chi connectivity index (χ2v) is 7.73. The number of fused-ring (bicyclic) bond motifs is 1. The van der Waals surface area contributed by atoms with Gasteiger partial charge in [0, 0.05) is 50.2 Å². The number of hydrogen-bond acceptors (Lipinski definition) is 4. The number of rotatable bonds is 4. The third-order valence-corrected chi connectivity index (χ3v) is 5.68. The van der Waals surface area contributed by atoms with E-state index in [1.807, 2.05) is 42.2 Å². The number of likely N-dealkylation sites (N-methyl/N-ethyl adjacent to an activating group) is 2. The van der Waals surface area contributed by atoms with Crippen molar-refractivity contribution in [2.45, 2.75) is 6.04 Å². The predicted octanol–water partition coefficient (Wildman–Crippen LogP) is 2.22. The molecule has 2 heterocycles. The molecule has 0 spiro atoms. The standard InChI is InChI=1S/C22H27N5O/c1-25-9-10-26(2)20(15-25)14-23-22(28)18-6-4-5-16(11-18)17-7-8-21-19(12-17)13-24-27(21)3/h4-8,11-13,20H,9-10,14-15H2,1-3H3,(H,23,28)/t20-/m0/s1. The van der Waals surface area contributed by atoms with Gasteiger partial charge < -0.3 is 10.2 Å². The largest absolute Gasteiger partial charge is 0.350 e. The SMILES string of the molecule is CN1CCN(C)[C@@H](CNC(=O)c2cccc(-c3ccc4c(cnn4C)c3)c2)C1. The van der Waals surface area contributed by atoms with Gasteiger partial charge >= 0.3 is 0 Å². The molecule has 0 aliphatic carbocycles. The molecule has 28 heavy (non-hydrogen) atoms. The van der Waals surface area contributed by atoms with Crippen LogP contribution >= 0.6 is 0 Å². The van der Waals surface area contributed by atoms with Gasteiger partial charge in [-0.2, -0.15) is 5.10 Å². The van der Waals surface area contributed by atoms with E-state index in [1.54, 1.807) is 0 Å². The summed E-state index contributed by atoms with van der Waals surface area (Å²) in [6.45, 7) is 3.74. The summed E-state index contributed by atoms with van der Waals surface area (Å²) >= 11 is 0. The molecule has 6 heteroatoms. The molecule has 1 atom stereocenters. The van der Waals surface area contributed by atoms with Gasteiger partial charge in [0.05, 0.1) is 11.7 Å². The maximum atomic E-state index is 12.7. The van der Waals surface area contributed by atoms with Crippen LogP contribution in [0.4, 0.5) is 0 Å². The Morgan fingerprint density at radius 1 is 1.11 bits per heavy atom. The van der Waals surface area contributed by atoms with Crippen LogP contribution in [0.2, 0.25) is 0 Å². The fraction of sp³-hybridized carbons (Fsp3) is 0.364. The smallest absolute Gasteiger partial charge is 0.251 e. The molecule has 1 fully saturated rings. The number of carbonyl (C=O) groups excluding carboxylic acids is 1. The van der Waals surface area contributed by atoms with Crippen molar-refractivity contribution in [3.05, 3.63) is 54.2 Å². The fourth-order valence-corrected chi connectivity index (χ4v) is 3.82. The molecule has 2 aromatic carbocycles. The van der Waals surface area contributed by atoms with E-state index in [0.717, 1.165) is 41.7 Å². The first-order valence-corrected chi connectivity index (χ1v) is 9.70. The number of aryl methyl sites for hydroxylation is 1. The van der Waals surface area contributed by atoms with E-state index in [0.29, 0.717) is 18.2 Å². The van der Waals surface area contributed by atoms with E-state index < -0.39 is 0 Å². The molecule has 1 aliphatic heterocycles. The zero-order chi connectivity index (χ0) is 19.7. The second-order valence-electron chi connectivity index (χ2n) is 7.73. The Balaban J connectivity index is 1.48.